The molecule has 0 aliphatic rings. The van der Waals surface area contributed by atoms with Gasteiger partial charge in [-0.3, -0.25) is 9.89 Å². The largest absolute Gasteiger partial charge is 0.504 e. The minimum Gasteiger partial charge on any atom is -0.504 e. The minimum atomic E-state index is -0.452. The maximum absolute atomic E-state index is 12.2. The Morgan fingerprint density at radius 2 is 2.20 bits per heavy atom. The Morgan fingerprint density at radius 1 is 1.35 bits per heavy atom. The van der Waals surface area contributed by atoms with E-state index in [0.717, 1.165) is 5.52 Å². The van der Waals surface area contributed by atoms with Crippen LogP contribution in [0.5, 0.6) is 5.75 Å². The molecule has 0 radical (unpaired) electrons. The van der Waals surface area contributed by atoms with E-state index in [2.05, 4.69) is 20.5 Å². The van der Waals surface area contributed by atoms with Gasteiger partial charge in [0.1, 0.15) is 0 Å². The van der Waals surface area contributed by atoms with E-state index in [4.69, 9.17) is 11.6 Å². The van der Waals surface area contributed by atoms with Crippen molar-refractivity contribution in [1.82, 2.24) is 15.2 Å². The minimum absolute atomic E-state index is 0.0841. The monoisotopic (exact) mass is 288 g/mol. The molecular weight excluding hydrogens is 280 g/mol. The lowest BCUT2D eigenvalue weighted by molar-refractivity contribution is 0.102. The summed E-state index contributed by atoms with van der Waals surface area (Å²) in [4.78, 5) is 16.1. The highest BCUT2D eigenvalue weighted by molar-refractivity contribution is 6.39. The number of nitrogens with one attached hydrogen (secondary N) is 2. The molecule has 0 aliphatic carbocycles. The predicted molar refractivity (Wildman–Crippen MR) is 75.0 cm³/mol. The number of hydrogen-bond donors (Lipinski definition) is 3. The molecule has 0 spiro atoms. The van der Waals surface area contributed by atoms with Gasteiger partial charge in [0.25, 0.3) is 5.91 Å². The molecule has 0 atom stereocenters. The molecule has 0 unspecified atom stereocenters. The zero-order chi connectivity index (χ0) is 14.1. The summed E-state index contributed by atoms with van der Waals surface area (Å²) < 4.78 is 0. The molecule has 3 N–H and O–H groups in total. The first-order chi connectivity index (χ1) is 9.66. The lowest BCUT2D eigenvalue weighted by Gasteiger charge is -2.07. The third-order valence-electron chi connectivity index (χ3n) is 2.82. The van der Waals surface area contributed by atoms with Crippen molar-refractivity contribution in [1.29, 1.82) is 0 Å². The van der Waals surface area contributed by atoms with Crippen molar-refractivity contribution in [3.8, 4) is 5.75 Å². The number of halogens is 1. The number of carbonyl (C=O) groups excluding carboxylic acids is 1. The normalized spacial score (nSPS) is 10.7. The lowest BCUT2D eigenvalue weighted by atomic mass is 10.1. The zero-order valence-corrected chi connectivity index (χ0v) is 10.8. The summed E-state index contributed by atoms with van der Waals surface area (Å²) in [5, 5.41) is 19.7. The van der Waals surface area contributed by atoms with Crippen LogP contribution < -0.4 is 5.32 Å². The van der Waals surface area contributed by atoms with Gasteiger partial charge in [0.2, 0.25) is 0 Å². The Morgan fingerprint density at radius 3 is 3.00 bits per heavy atom. The topological polar surface area (TPSA) is 90.9 Å². The number of pyridine rings is 1. The van der Waals surface area contributed by atoms with Crippen LogP contribution in [0.15, 0.2) is 36.7 Å². The van der Waals surface area contributed by atoms with Gasteiger partial charge < -0.3 is 10.4 Å². The fraction of sp³-hybridized carbons (Fsp3) is 0. The van der Waals surface area contributed by atoms with Gasteiger partial charge >= 0.3 is 0 Å². The summed E-state index contributed by atoms with van der Waals surface area (Å²) >= 11 is 6.18. The number of aromatic nitrogens is 3. The van der Waals surface area contributed by atoms with Crippen LogP contribution in [-0.4, -0.2) is 26.2 Å². The molecular formula is C13H9ClN4O2. The molecule has 7 heteroatoms. The van der Waals surface area contributed by atoms with Crippen LogP contribution in [0.1, 0.15) is 10.4 Å². The Bertz CT molecular complexity index is 800. The quantitative estimate of drug-likeness (QED) is 0.676. The number of aromatic hydroxyl groups is 1. The summed E-state index contributed by atoms with van der Waals surface area (Å²) in [5.41, 5.74) is 1.03. The molecule has 0 fully saturated rings. The third-order valence-corrected chi connectivity index (χ3v) is 3.23. The van der Waals surface area contributed by atoms with Crippen LogP contribution in [0.3, 0.4) is 0 Å². The number of nitrogens with zero attached hydrogens (tertiary/aromatic N) is 2. The molecule has 0 aliphatic heterocycles. The van der Waals surface area contributed by atoms with E-state index in [1.165, 1.54) is 12.3 Å². The summed E-state index contributed by atoms with van der Waals surface area (Å²) in [5.74, 6) is -0.477. The van der Waals surface area contributed by atoms with E-state index in [1.807, 2.05) is 0 Å². The highest BCUT2D eigenvalue weighted by Gasteiger charge is 2.15. The number of fused-ring (bicyclic) bond motifs is 1. The second-order valence-corrected chi connectivity index (χ2v) is 4.46. The molecule has 6 nitrogen and oxygen atoms in total. The molecule has 0 bridgehead atoms. The van der Waals surface area contributed by atoms with Gasteiger partial charge in [-0.15, -0.1) is 0 Å². The van der Waals surface area contributed by atoms with Crippen molar-refractivity contribution in [2.24, 2.45) is 0 Å². The van der Waals surface area contributed by atoms with Crippen LogP contribution in [0.25, 0.3) is 10.9 Å². The van der Waals surface area contributed by atoms with Gasteiger partial charge in [0.15, 0.2) is 11.6 Å². The fourth-order valence-electron chi connectivity index (χ4n) is 1.83. The van der Waals surface area contributed by atoms with Crippen LogP contribution in [0.4, 0.5) is 5.82 Å². The second-order valence-electron chi connectivity index (χ2n) is 4.08. The Labute approximate surface area is 118 Å². The van der Waals surface area contributed by atoms with Crippen molar-refractivity contribution >= 4 is 34.2 Å². The number of amides is 1. The van der Waals surface area contributed by atoms with Gasteiger partial charge in [-0.05, 0) is 24.3 Å². The first-order valence-corrected chi connectivity index (χ1v) is 6.11. The van der Waals surface area contributed by atoms with Crippen LogP contribution >= 0.6 is 11.6 Å². The maximum Gasteiger partial charge on any atom is 0.258 e. The number of benzene rings is 1. The maximum atomic E-state index is 12.2. The van der Waals surface area contributed by atoms with E-state index in [9.17, 15) is 9.90 Å². The lowest BCUT2D eigenvalue weighted by Crippen LogP contribution is -2.13. The van der Waals surface area contributed by atoms with Gasteiger partial charge in [0.05, 0.1) is 22.3 Å². The summed E-state index contributed by atoms with van der Waals surface area (Å²) in [7, 11) is 0. The average molecular weight is 289 g/mol. The van der Waals surface area contributed by atoms with E-state index in [0.29, 0.717) is 10.4 Å². The standard InChI is InChI=1S/C13H9ClN4O2/c14-11-7(3-4-9-8(11)6-16-18-9)13(20)17-12-10(19)2-1-5-15-12/h1-6,19H,(H,16,18)(H,15,17,20). The van der Waals surface area contributed by atoms with Gasteiger partial charge in [0, 0.05) is 11.6 Å². The predicted octanol–water partition coefficient (Wildman–Crippen LogP) is 2.57. The summed E-state index contributed by atoms with van der Waals surface area (Å²) in [6, 6.07) is 6.29. The zero-order valence-electron chi connectivity index (χ0n) is 10.1. The highest BCUT2D eigenvalue weighted by Crippen LogP contribution is 2.27. The van der Waals surface area contributed by atoms with Crippen LogP contribution in [0.2, 0.25) is 5.02 Å². The third kappa shape index (κ3) is 2.06. The molecule has 2 aromatic heterocycles. The van der Waals surface area contributed by atoms with Gasteiger partial charge in [-0.25, -0.2) is 4.98 Å². The molecule has 2 heterocycles. The molecule has 20 heavy (non-hydrogen) atoms. The SMILES string of the molecule is O=C(Nc1ncccc1O)c1ccc2[nH]ncc2c1Cl. The Kier molecular flexibility index (Phi) is 3.00. The number of anilines is 1. The number of hydrogen-bond acceptors (Lipinski definition) is 4. The number of H-pyrrole nitrogens is 1. The molecule has 3 rings (SSSR count). The summed E-state index contributed by atoms with van der Waals surface area (Å²) in [6.45, 7) is 0. The smallest absolute Gasteiger partial charge is 0.258 e. The van der Waals surface area contributed by atoms with Crippen molar-refractivity contribution in [3.05, 3.63) is 47.2 Å². The van der Waals surface area contributed by atoms with Crippen LogP contribution in [-0.2, 0) is 0 Å². The first-order valence-electron chi connectivity index (χ1n) is 5.74. The van der Waals surface area contributed by atoms with E-state index in [-0.39, 0.29) is 17.1 Å². The Hall–Kier alpha value is -2.60. The van der Waals surface area contributed by atoms with Crippen molar-refractivity contribution in [2.45, 2.75) is 0 Å². The molecule has 100 valence electrons. The van der Waals surface area contributed by atoms with Crippen molar-refractivity contribution in [2.75, 3.05) is 5.32 Å². The Balaban J connectivity index is 1.97. The molecule has 0 saturated carbocycles. The average Bonchev–Trinajstić information content (AvgIpc) is 2.91. The fourth-order valence-corrected chi connectivity index (χ4v) is 2.13. The molecule has 3 aromatic rings. The summed E-state index contributed by atoms with van der Waals surface area (Å²) in [6.07, 6.45) is 3.02. The molecule has 0 saturated heterocycles. The van der Waals surface area contributed by atoms with Crippen LogP contribution in [0, 0.1) is 0 Å². The highest BCUT2D eigenvalue weighted by atomic mass is 35.5. The molecule has 1 aromatic carbocycles. The number of aromatic amines is 1. The van der Waals surface area contributed by atoms with Crippen molar-refractivity contribution in [3.63, 3.8) is 0 Å². The number of carbonyl (C=O) groups is 1. The second kappa shape index (κ2) is 4.82. The number of rotatable bonds is 2. The van der Waals surface area contributed by atoms with E-state index < -0.39 is 5.91 Å². The van der Waals surface area contributed by atoms with E-state index in [1.54, 1.807) is 24.4 Å². The van der Waals surface area contributed by atoms with Gasteiger partial charge in [-0.2, -0.15) is 5.10 Å². The van der Waals surface area contributed by atoms with Gasteiger partial charge in [-0.1, -0.05) is 11.6 Å². The molecule has 1 amide bonds. The van der Waals surface area contributed by atoms with Crippen molar-refractivity contribution < 1.29 is 9.90 Å². The first kappa shape index (κ1) is 12.4. The van der Waals surface area contributed by atoms with E-state index >= 15 is 0 Å².